The summed E-state index contributed by atoms with van der Waals surface area (Å²) in [6.45, 7) is 0. The maximum Gasteiger partial charge on any atom is -0.0197 e. The van der Waals surface area contributed by atoms with E-state index in [9.17, 15) is 0 Å². The second-order valence-electron chi connectivity index (χ2n) is 4.57. The van der Waals surface area contributed by atoms with Crippen molar-refractivity contribution in [1.82, 2.24) is 0 Å². The third-order valence-corrected chi connectivity index (χ3v) is 3.95. The van der Waals surface area contributed by atoms with Gasteiger partial charge in [0.25, 0.3) is 0 Å². The fourth-order valence-corrected chi connectivity index (χ4v) is 3.42. The lowest BCUT2D eigenvalue weighted by molar-refractivity contribution is 0.500. The first-order valence-corrected chi connectivity index (χ1v) is 5.14. The monoisotopic (exact) mass is 148 g/mol. The molecule has 2 bridgehead atoms. The predicted octanol–water partition coefficient (Wildman–Crippen LogP) is 3.29. The Morgan fingerprint density at radius 1 is 1.00 bits per heavy atom. The van der Waals surface area contributed by atoms with E-state index in [0.717, 1.165) is 11.8 Å². The zero-order chi connectivity index (χ0) is 7.26. The average Bonchev–Trinajstić information content (AvgIpc) is 2.46. The molecular formula is C11H16. The minimum absolute atomic E-state index is 1.05. The molecule has 2 unspecified atom stereocenters. The van der Waals surface area contributed by atoms with E-state index < -0.39 is 0 Å². The van der Waals surface area contributed by atoms with Gasteiger partial charge in [-0.15, -0.1) is 0 Å². The van der Waals surface area contributed by atoms with Crippen LogP contribution in [0, 0.1) is 11.8 Å². The normalized spacial score (nSPS) is 41.5. The Morgan fingerprint density at radius 2 is 2.00 bits per heavy atom. The summed E-state index contributed by atoms with van der Waals surface area (Å²) in [5.74, 6) is 2.14. The lowest BCUT2D eigenvalue weighted by Gasteiger charge is -2.08. The van der Waals surface area contributed by atoms with E-state index in [0.29, 0.717) is 0 Å². The van der Waals surface area contributed by atoms with Crippen molar-refractivity contribution in [3.8, 4) is 0 Å². The number of hydrogen-bond acceptors (Lipinski definition) is 0. The first kappa shape index (κ1) is 6.28. The maximum atomic E-state index is 1.92. The number of hydrogen-bond donors (Lipinski definition) is 0. The van der Waals surface area contributed by atoms with Crippen LogP contribution >= 0.6 is 0 Å². The van der Waals surface area contributed by atoms with Crippen molar-refractivity contribution in [3.05, 3.63) is 11.1 Å². The van der Waals surface area contributed by atoms with E-state index in [-0.39, 0.29) is 0 Å². The Labute approximate surface area is 68.7 Å². The molecule has 3 aliphatic carbocycles. The quantitative estimate of drug-likeness (QED) is 0.462. The minimum Gasteiger partial charge on any atom is -0.0704 e. The van der Waals surface area contributed by atoms with Crippen LogP contribution < -0.4 is 0 Å². The Bertz CT molecular complexity index is 212. The van der Waals surface area contributed by atoms with Crippen LogP contribution in [-0.4, -0.2) is 0 Å². The highest BCUT2D eigenvalue weighted by Gasteiger charge is 2.35. The molecule has 1 saturated carbocycles. The number of fused-ring (bicyclic) bond motifs is 1. The summed E-state index contributed by atoms with van der Waals surface area (Å²) >= 11 is 0. The Morgan fingerprint density at radius 3 is 3.00 bits per heavy atom. The zero-order valence-corrected chi connectivity index (χ0v) is 7.10. The topological polar surface area (TPSA) is 0 Å². The smallest absolute Gasteiger partial charge is 0.0197 e. The van der Waals surface area contributed by atoms with Gasteiger partial charge < -0.3 is 0 Å². The summed E-state index contributed by atoms with van der Waals surface area (Å²) in [6, 6.07) is 0. The van der Waals surface area contributed by atoms with Crippen molar-refractivity contribution in [2.45, 2.75) is 44.9 Å². The largest absolute Gasteiger partial charge is 0.0704 e. The van der Waals surface area contributed by atoms with Crippen LogP contribution in [0.4, 0.5) is 0 Å². The molecule has 3 rings (SSSR count). The third-order valence-electron chi connectivity index (χ3n) is 3.95. The highest BCUT2D eigenvalue weighted by molar-refractivity contribution is 5.29. The van der Waals surface area contributed by atoms with Crippen molar-refractivity contribution in [1.29, 1.82) is 0 Å². The Balaban J connectivity index is 1.98. The van der Waals surface area contributed by atoms with Crippen molar-refractivity contribution >= 4 is 0 Å². The Hall–Kier alpha value is -0.260. The molecule has 1 fully saturated rings. The highest BCUT2D eigenvalue weighted by atomic mass is 14.4. The van der Waals surface area contributed by atoms with Crippen LogP contribution in [0.1, 0.15) is 44.9 Å². The summed E-state index contributed by atoms with van der Waals surface area (Å²) in [5.41, 5.74) is 3.81. The molecule has 0 aromatic rings. The van der Waals surface area contributed by atoms with Gasteiger partial charge in [-0.1, -0.05) is 17.6 Å². The molecule has 60 valence electrons. The molecule has 0 nitrogen and oxygen atoms in total. The molecule has 0 heterocycles. The third kappa shape index (κ3) is 0.816. The van der Waals surface area contributed by atoms with Gasteiger partial charge in [-0.05, 0) is 50.4 Å². The average molecular weight is 148 g/mol. The maximum absolute atomic E-state index is 1.92. The second-order valence-corrected chi connectivity index (χ2v) is 4.57. The SMILES string of the molecule is C1CC2CC3=C(C2)C(C1)CC3. The van der Waals surface area contributed by atoms with Crippen LogP contribution in [0.5, 0.6) is 0 Å². The molecule has 2 atom stereocenters. The van der Waals surface area contributed by atoms with Crippen molar-refractivity contribution in [2.24, 2.45) is 11.8 Å². The Kier molecular flexibility index (Phi) is 1.21. The van der Waals surface area contributed by atoms with Gasteiger partial charge in [-0.3, -0.25) is 0 Å². The van der Waals surface area contributed by atoms with Gasteiger partial charge in [0.15, 0.2) is 0 Å². The fourth-order valence-electron chi connectivity index (χ4n) is 3.42. The second kappa shape index (κ2) is 2.12. The van der Waals surface area contributed by atoms with Crippen LogP contribution in [0.25, 0.3) is 0 Å². The van der Waals surface area contributed by atoms with Gasteiger partial charge >= 0.3 is 0 Å². The van der Waals surface area contributed by atoms with Crippen molar-refractivity contribution in [2.75, 3.05) is 0 Å². The van der Waals surface area contributed by atoms with Gasteiger partial charge in [0.05, 0.1) is 0 Å². The van der Waals surface area contributed by atoms with E-state index >= 15 is 0 Å². The standard InChI is InChI=1S/C11H16/c1-2-8-6-10-5-4-9(3-1)11(10)7-8/h8-9H,1-7H2. The van der Waals surface area contributed by atoms with Crippen molar-refractivity contribution in [3.63, 3.8) is 0 Å². The molecule has 0 aromatic carbocycles. The van der Waals surface area contributed by atoms with Gasteiger partial charge in [0, 0.05) is 0 Å². The van der Waals surface area contributed by atoms with Gasteiger partial charge in [-0.2, -0.15) is 0 Å². The molecule has 0 aliphatic heterocycles. The molecule has 0 spiro atoms. The van der Waals surface area contributed by atoms with E-state index in [2.05, 4.69) is 0 Å². The number of allylic oxidation sites excluding steroid dienone is 2. The first-order chi connectivity index (χ1) is 5.43. The molecule has 0 saturated heterocycles. The first-order valence-electron chi connectivity index (χ1n) is 5.14. The zero-order valence-electron chi connectivity index (χ0n) is 7.10. The summed E-state index contributed by atoms with van der Waals surface area (Å²) < 4.78 is 0. The summed E-state index contributed by atoms with van der Waals surface area (Å²) in [4.78, 5) is 0. The molecule has 11 heavy (non-hydrogen) atoms. The van der Waals surface area contributed by atoms with Crippen molar-refractivity contribution < 1.29 is 0 Å². The van der Waals surface area contributed by atoms with Crippen LogP contribution in [0.15, 0.2) is 11.1 Å². The van der Waals surface area contributed by atoms with Crippen LogP contribution in [-0.2, 0) is 0 Å². The van der Waals surface area contributed by atoms with Crippen LogP contribution in [0.2, 0.25) is 0 Å². The fraction of sp³-hybridized carbons (Fsp3) is 0.818. The van der Waals surface area contributed by atoms with Gasteiger partial charge in [0.2, 0.25) is 0 Å². The highest BCUT2D eigenvalue weighted by Crippen LogP contribution is 2.50. The van der Waals surface area contributed by atoms with E-state index in [4.69, 9.17) is 0 Å². The lowest BCUT2D eigenvalue weighted by atomic mass is 9.97. The summed E-state index contributed by atoms with van der Waals surface area (Å²) in [5, 5.41) is 0. The molecule has 0 radical (unpaired) electrons. The molecule has 3 aliphatic rings. The summed E-state index contributed by atoms with van der Waals surface area (Å²) in [6.07, 6.45) is 10.5. The van der Waals surface area contributed by atoms with E-state index in [1.54, 1.807) is 0 Å². The lowest BCUT2D eigenvalue weighted by Crippen LogP contribution is -1.95. The summed E-state index contributed by atoms with van der Waals surface area (Å²) in [7, 11) is 0. The van der Waals surface area contributed by atoms with E-state index in [1.807, 2.05) is 11.1 Å². The molecule has 0 amide bonds. The minimum atomic E-state index is 1.05. The van der Waals surface area contributed by atoms with Gasteiger partial charge in [-0.25, -0.2) is 0 Å². The van der Waals surface area contributed by atoms with Gasteiger partial charge in [0.1, 0.15) is 0 Å². The molecule has 0 aromatic heterocycles. The molecular weight excluding hydrogens is 132 g/mol. The molecule has 0 heteroatoms. The van der Waals surface area contributed by atoms with Crippen LogP contribution in [0.3, 0.4) is 0 Å². The number of rotatable bonds is 0. The molecule has 0 N–H and O–H groups in total. The van der Waals surface area contributed by atoms with E-state index in [1.165, 1.54) is 44.9 Å². The predicted molar refractivity (Wildman–Crippen MR) is 46.3 cm³/mol.